The summed E-state index contributed by atoms with van der Waals surface area (Å²) in [5.41, 5.74) is -1.21. The van der Waals surface area contributed by atoms with Crippen LogP contribution in [-0.4, -0.2) is 34.8 Å². The molecule has 0 radical (unpaired) electrons. The van der Waals surface area contributed by atoms with Gasteiger partial charge in [-0.3, -0.25) is 18.7 Å². The van der Waals surface area contributed by atoms with Crippen LogP contribution in [-0.2, 0) is 32.1 Å². The molecule has 1 amide bonds. The quantitative estimate of drug-likeness (QED) is 0.644. The highest BCUT2D eigenvalue weighted by atomic mass is 31.2. The number of aromatic hydroxyl groups is 1. The van der Waals surface area contributed by atoms with Crippen LogP contribution in [0.2, 0.25) is 0 Å². The van der Waals surface area contributed by atoms with Crippen LogP contribution in [0.3, 0.4) is 0 Å². The summed E-state index contributed by atoms with van der Waals surface area (Å²) in [7, 11) is -1.45. The number of nitrogens with one attached hydrogen (secondary N) is 1. The minimum Gasteiger partial charge on any atom is -0.501 e. The molecule has 2 aromatic rings. The molecule has 1 aromatic heterocycles. The van der Waals surface area contributed by atoms with Gasteiger partial charge in [0, 0.05) is 32.7 Å². The van der Waals surface area contributed by atoms with Crippen molar-refractivity contribution in [3.05, 3.63) is 51.5 Å². The maximum Gasteiger partial charge on any atom is 0.361 e. The molecule has 2 N–H and O–H groups in total. The second-order valence-electron chi connectivity index (χ2n) is 7.90. The van der Waals surface area contributed by atoms with Crippen molar-refractivity contribution < 1.29 is 27.9 Å². The first-order valence-electron chi connectivity index (χ1n) is 9.67. The standard InChI is InChI=1S/C20H25FN3O6P/c1-20(2)8-5-9-24-18(27)16(25)15(23-19(20)24)17(26)22-11-12-6-7-13(21)10-14(12)31(28,29-3)30-4/h6-7,10,25H,5,8-9,11H2,1-4H3,(H,22,26). The number of carbonyl (C=O) groups is 1. The fourth-order valence-corrected chi connectivity index (χ4v) is 5.02. The van der Waals surface area contributed by atoms with E-state index in [1.165, 1.54) is 24.9 Å². The maximum atomic E-state index is 13.7. The Morgan fingerprint density at radius 1 is 1.35 bits per heavy atom. The summed E-state index contributed by atoms with van der Waals surface area (Å²) in [5.74, 6) is -1.75. The Morgan fingerprint density at radius 2 is 2.03 bits per heavy atom. The molecule has 0 spiro atoms. The third-order valence-electron chi connectivity index (χ3n) is 5.41. The van der Waals surface area contributed by atoms with Gasteiger partial charge in [-0.2, -0.15) is 0 Å². The van der Waals surface area contributed by atoms with Gasteiger partial charge in [0.1, 0.15) is 11.6 Å². The zero-order valence-electron chi connectivity index (χ0n) is 17.8. The number of benzene rings is 1. The van der Waals surface area contributed by atoms with Crippen LogP contribution in [0.1, 0.15) is 48.6 Å². The first kappa shape index (κ1) is 23.1. The topological polar surface area (TPSA) is 120 Å². The predicted octanol–water partition coefficient (Wildman–Crippen LogP) is 2.20. The first-order chi connectivity index (χ1) is 14.5. The molecule has 168 valence electrons. The number of fused-ring (bicyclic) bond motifs is 1. The Labute approximate surface area is 178 Å². The normalized spacial score (nSPS) is 15.4. The lowest BCUT2D eigenvalue weighted by Gasteiger charge is -2.32. The zero-order chi connectivity index (χ0) is 23.0. The molecule has 0 atom stereocenters. The van der Waals surface area contributed by atoms with E-state index < -0.39 is 41.7 Å². The summed E-state index contributed by atoms with van der Waals surface area (Å²) < 4.78 is 37.8. The number of halogens is 1. The molecule has 31 heavy (non-hydrogen) atoms. The number of carbonyl (C=O) groups excluding carboxylic acids is 1. The van der Waals surface area contributed by atoms with Crippen LogP contribution in [0, 0.1) is 5.82 Å². The highest BCUT2D eigenvalue weighted by molar-refractivity contribution is 7.62. The van der Waals surface area contributed by atoms with Gasteiger partial charge in [-0.25, -0.2) is 9.37 Å². The van der Waals surface area contributed by atoms with Crippen molar-refractivity contribution in [3.8, 4) is 5.75 Å². The summed E-state index contributed by atoms with van der Waals surface area (Å²) in [4.78, 5) is 29.6. The van der Waals surface area contributed by atoms with Gasteiger partial charge in [-0.15, -0.1) is 0 Å². The Bertz CT molecular complexity index is 1120. The van der Waals surface area contributed by atoms with Crippen LogP contribution in [0.4, 0.5) is 4.39 Å². The van der Waals surface area contributed by atoms with Gasteiger partial charge in [0.25, 0.3) is 11.5 Å². The van der Waals surface area contributed by atoms with E-state index in [0.717, 1.165) is 25.0 Å². The van der Waals surface area contributed by atoms with Crippen LogP contribution in [0.5, 0.6) is 5.75 Å². The summed E-state index contributed by atoms with van der Waals surface area (Å²) in [6.07, 6.45) is 1.55. The molecule has 3 rings (SSSR count). The summed E-state index contributed by atoms with van der Waals surface area (Å²) >= 11 is 0. The van der Waals surface area contributed by atoms with Crippen LogP contribution in [0.15, 0.2) is 23.0 Å². The van der Waals surface area contributed by atoms with E-state index in [-0.39, 0.29) is 17.4 Å². The summed E-state index contributed by atoms with van der Waals surface area (Å²) in [6.45, 7) is 4.07. The zero-order valence-corrected chi connectivity index (χ0v) is 18.7. The van der Waals surface area contributed by atoms with Crippen LogP contribution >= 0.6 is 7.60 Å². The van der Waals surface area contributed by atoms with Gasteiger partial charge in [-0.05, 0) is 30.5 Å². The lowest BCUT2D eigenvalue weighted by molar-refractivity contribution is 0.0940. The van der Waals surface area contributed by atoms with E-state index in [1.54, 1.807) is 0 Å². The molecule has 11 heteroatoms. The Hall–Kier alpha value is -2.55. The van der Waals surface area contributed by atoms with Gasteiger partial charge in [0.05, 0.1) is 5.30 Å². The number of hydrogen-bond donors (Lipinski definition) is 2. The number of rotatable bonds is 6. The molecule has 1 aromatic carbocycles. The van der Waals surface area contributed by atoms with E-state index in [4.69, 9.17) is 9.05 Å². The third kappa shape index (κ3) is 4.28. The highest BCUT2D eigenvalue weighted by Gasteiger charge is 2.33. The van der Waals surface area contributed by atoms with E-state index in [1.807, 2.05) is 13.8 Å². The smallest absolute Gasteiger partial charge is 0.361 e. The van der Waals surface area contributed by atoms with Crippen LogP contribution in [0.25, 0.3) is 0 Å². The number of hydrogen-bond acceptors (Lipinski definition) is 7. The fraction of sp³-hybridized carbons (Fsp3) is 0.450. The van der Waals surface area contributed by atoms with Gasteiger partial charge < -0.3 is 19.5 Å². The molecule has 0 saturated heterocycles. The molecule has 1 aliphatic heterocycles. The lowest BCUT2D eigenvalue weighted by Crippen LogP contribution is -2.39. The molecular formula is C20H25FN3O6P. The molecule has 0 saturated carbocycles. The maximum absolute atomic E-state index is 13.7. The Morgan fingerprint density at radius 3 is 2.68 bits per heavy atom. The summed E-state index contributed by atoms with van der Waals surface area (Å²) in [5, 5.41) is 12.8. The number of nitrogens with zero attached hydrogens (tertiary/aromatic N) is 2. The molecule has 9 nitrogen and oxygen atoms in total. The summed E-state index contributed by atoms with van der Waals surface area (Å²) in [6, 6.07) is 3.50. The second-order valence-corrected chi connectivity index (χ2v) is 10.1. The van der Waals surface area contributed by atoms with E-state index in [2.05, 4.69) is 10.3 Å². The van der Waals surface area contributed by atoms with Crippen molar-refractivity contribution >= 4 is 18.8 Å². The van der Waals surface area contributed by atoms with Gasteiger partial charge in [-0.1, -0.05) is 19.9 Å². The molecule has 1 aliphatic rings. The molecule has 0 fully saturated rings. The molecule has 2 heterocycles. The largest absolute Gasteiger partial charge is 0.501 e. The molecule has 0 aliphatic carbocycles. The lowest BCUT2D eigenvalue weighted by atomic mass is 9.84. The monoisotopic (exact) mass is 453 g/mol. The second kappa shape index (κ2) is 8.53. The van der Waals surface area contributed by atoms with Gasteiger partial charge >= 0.3 is 7.60 Å². The Kier molecular flexibility index (Phi) is 6.36. The predicted molar refractivity (Wildman–Crippen MR) is 111 cm³/mol. The van der Waals surface area contributed by atoms with Crippen LogP contribution < -0.4 is 16.2 Å². The van der Waals surface area contributed by atoms with Crippen molar-refractivity contribution in [2.45, 2.75) is 45.2 Å². The van der Waals surface area contributed by atoms with Gasteiger partial charge in [0.2, 0.25) is 5.75 Å². The molecule has 0 unspecified atom stereocenters. The third-order valence-corrected chi connectivity index (χ3v) is 7.38. The average molecular weight is 453 g/mol. The van der Waals surface area contributed by atoms with E-state index >= 15 is 0 Å². The minimum atomic E-state index is -3.79. The van der Waals surface area contributed by atoms with Crippen molar-refractivity contribution in [3.63, 3.8) is 0 Å². The van der Waals surface area contributed by atoms with Gasteiger partial charge in [0.15, 0.2) is 5.69 Å². The minimum absolute atomic E-state index is 0.0402. The SMILES string of the molecule is COP(=O)(OC)c1cc(F)ccc1CNC(=O)c1nc2n(c(=O)c1O)CCCC2(C)C. The van der Waals surface area contributed by atoms with Crippen molar-refractivity contribution in [1.82, 2.24) is 14.9 Å². The fourth-order valence-electron chi connectivity index (χ4n) is 3.69. The van der Waals surface area contributed by atoms with Crippen molar-refractivity contribution in [2.75, 3.05) is 14.2 Å². The number of aromatic nitrogens is 2. The van der Waals surface area contributed by atoms with Crippen molar-refractivity contribution in [2.24, 2.45) is 0 Å². The highest BCUT2D eigenvalue weighted by Crippen LogP contribution is 2.46. The van der Waals surface area contributed by atoms with E-state index in [9.17, 15) is 23.7 Å². The number of amides is 1. The first-order valence-corrected chi connectivity index (χ1v) is 11.2. The molecule has 0 bridgehead atoms. The molecular weight excluding hydrogens is 428 g/mol. The van der Waals surface area contributed by atoms with Crippen molar-refractivity contribution in [1.29, 1.82) is 0 Å². The Balaban J connectivity index is 1.94. The average Bonchev–Trinajstić information content (AvgIpc) is 2.74. The van der Waals surface area contributed by atoms with E-state index in [0.29, 0.717) is 12.4 Å².